The molecule has 0 spiro atoms. The van der Waals surface area contributed by atoms with Crippen molar-refractivity contribution in [3.05, 3.63) is 34.4 Å². The van der Waals surface area contributed by atoms with E-state index in [9.17, 15) is 0 Å². The normalized spacial score (nSPS) is 11.7. The topological polar surface area (TPSA) is 0 Å². The summed E-state index contributed by atoms with van der Waals surface area (Å²) in [4.78, 5) is 0. The number of hydrogen-bond donors (Lipinski definition) is 0. The van der Waals surface area contributed by atoms with Crippen molar-refractivity contribution in [2.75, 3.05) is 0 Å². The van der Waals surface area contributed by atoms with Gasteiger partial charge < -0.3 is 0 Å². The van der Waals surface area contributed by atoms with Gasteiger partial charge in [-0.1, -0.05) is 348 Å². The molecule has 0 atom stereocenters. The molecule has 0 N–H and O–H groups in total. The number of benzene rings is 1. The summed E-state index contributed by atoms with van der Waals surface area (Å²) in [5.74, 6) is 0. The molecule has 0 saturated carbocycles. The molecule has 0 unspecified atom stereocenters. The highest BCUT2D eigenvalue weighted by Crippen LogP contribution is 2.29. The van der Waals surface area contributed by atoms with Crippen LogP contribution in [0.25, 0.3) is 0 Å². The first-order chi connectivity index (χ1) is 32.8. The van der Waals surface area contributed by atoms with Gasteiger partial charge in [0.2, 0.25) is 0 Å². The first kappa shape index (κ1) is 63.2. The largest absolute Gasteiger partial charge is 0.0654 e. The zero-order valence-corrected chi connectivity index (χ0v) is 46.8. The van der Waals surface area contributed by atoms with E-state index in [0.29, 0.717) is 0 Å². The zero-order valence-electron chi connectivity index (χ0n) is 46.8. The van der Waals surface area contributed by atoms with E-state index in [1.54, 1.807) is 11.1 Å². The van der Waals surface area contributed by atoms with Gasteiger partial charge >= 0.3 is 0 Å². The van der Waals surface area contributed by atoms with Crippen LogP contribution in [-0.2, 0) is 25.7 Å². The highest BCUT2D eigenvalue weighted by atomic mass is 14.2. The molecule has 1 aromatic rings. The van der Waals surface area contributed by atoms with Crippen molar-refractivity contribution in [3.8, 4) is 0 Å². The summed E-state index contributed by atoms with van der Waals surface area (Å²) < 4.78 is 0. The van der Waals surface area contributed by atoms with E-state index in [-0.39, 0.29) is 0 Å². The monoisotopic (exact) mass is 919 g/mol. The predicted octanol–water partition coefficient (Wildman–Crippen LogP) is 24.2. The summed E-state index contributed by atoms with van der Waals surface area (Å²) in [6, 6.07) is 5.31. The van der Waals surface area contributed by atoms with Gasteiger partial charge in [-0.2, -0.15) is 0 Å². The van der Waals surface area contributed by atoms with Crippen molar-refractivity contribution in [1.29, 1.82) is 0 Å². The van der Waals surface area contributed by atoms with Crippen LogP contribution in [0.15, 0.2) is 12.1 Å². The lowest BCUT2D eigenvalue weighted by Crippen LogP contribution is -2.07. The summed E-state index contributed by atoms with van der Waals surface area (Å²) in [7, 11) is 0. The number of aryl methyl sites for hydroxylation is 2. The molecule has 0 saturated heterocycles. The van der Waals surface area contributed by atoms with Crippen molar-refractivity contribution >= 4 is 0 Å². The molecule has 0 aromatic heterocycles. The van der Waals surface area contributed by atoms with Gasteiger partial charge in [0.05, 0.1) is 0 Å². The Hall–Kier alpha value is -0.780. The second-order valence-electron chi connectivity index (χ2n) is 22.3. The lowest BCUT2D eigenvalue weighted by Gasteiger charge is -2.20. The molecule has 0 heteroatoms. The standard InChI is InChI=1S/C66H126/c1-5-9-13-17-21-25-29-33-37-41-45-49-53-57-63-61-62-64(58-54-50-46-42-38-34-30-26-22-18-14-10-6-2)66(60-56-52-48-44-40-36-32-28-24-20-16-12-8-4)65(63)59-55-51-47-43-39-35-31-27-23-19-15-11-7-3/h61-62H,5-60H2,1-4H3. The third-order valence-corrected chi connectivity index (χ3v) is 15.8. The minimum absolute atomic E-state index is 1.33. The van der Waals surface area contributed by atoms with Crippen molar-refractivity contribution < 1.29 is 0 Å². The van der Waals surface area contributed by atoms with Crippen molar-refractivity contribution in [2.24, 2.45) is 0 Å². The SMILES string of the molecule is CCCCCCCCCCCCCCCc1ccc(CCCCCCCCCCCCCCC)c(CCCCCCCCCCCCCCC)c1CCCCCCCCCCCCCCC. The van der Waals surface area contributed by atoms with E-state index in [4.69, 9.17) is 0 Å². The predicted molar refractivity (Wildman–Crippen MR) is 304 cm³/mol. The van der Waals surface area contributed by atoms with E-state index in [0.717, 1.165) is 0 Å². The Kier molecular flexibility index (Phi) is 51.3. The Bertz CT molecular complexity index is 967. The lowest BCUT2D eigenvalue weighted by atomic mass is 9.85. The van der Waals surface area contributed by atoms with Crippen LogP contribution >= 0.6 is 0 Å². The summed E-state index contributed by atoms with van der Waals surface area (Å²) in [6.07, 6.45) is 80.8. The maximum atomic E-state index is 2.66. The number of hydrogen-bond acceptors (Lipinski definition) is 0. The fraction of sp³-hybridized carbons (Fsp3) is 0.909. The molecule has 390 valence electrons. The van der Waals surface area contributed by atoms with Crippen molar-refractivity contribution in [3.63, 3.8) is 0 Å². The van der Waals surface area contributed by atoms with E-state index in [1.807, 2.05) is 11.1 Å². The molecular weight excluding hydrogens is 793 g/mol. The Balaban J connectivity index is 2.78. The quantitative estimate of drug-likeness (QED) is 0.0571. The second-order valence-corrected chi connectivity index (χ2v) is 22.3. The first-order valence-electron chi connectivity index (χ1n) is 31.9. The lowest BCUT2D eigenvalue weighted by molar-refractivity contribution is 0.535. The van der Waals surface area contributed by atoms with E-state index < -0.39 is 0 Å². The molecule has 0 amide bonds. The van der Waals surface area contributed by atoms with Gasteiger partial charge in [-0.3, -0.25) is 0 Å². The molecule has 0 aliphatic rings. The summed E-state index contributed by atoms with van der Waals surface area (Å²) >= 11 is 0. The van der Waals surface area contributed by atoms with Gasteiger partial charge in [0.25, 0.3) is 0 Å². The summed E-state index contributed by atoms with van der Waals surface area (Å²) in [5, 5.41) is 0. The van der Waals surface area contributed by atoms with Crippen LogP contribution in [0, 0.1) is 0 Å². The fourth-order valence-corrected chi connectivity index (χ4v) is 11.2. The fourth-order valence-electron chi connectivity index (χ4n) is 11.2. The molecule has 0 aliphatic carbocycles. The van der Waals surface area contributed by atoms with Crippen LogP contribution in [0.1, 0.15) is 384 Å². The van der Waals surface area contributed by atoms with Gasteiger partial charge in [0, 0.05) is 0 Å². The first-order valence-corrected chi connectivity index (χ1v) is 31.9. The van der Waals surface area contributed by atoms with E-state index in [1.165, 1.54) is 360 Å². The van der Waals surface area contributed by atoms with Gasteiger partial charge in [0.1, 0.15) is 0 Å². The number of rotatable bonds is 56. The van der Waals surface area contributed by atoms with Gasteiger partial charge in [-0.25, -0.2) is 0 Å². The van der Waals surface area contributed by atoms with Crippen molar-refractivity contribution in [1.82, 2.24) is 0 Å². The van der Waals surface area contributed by atoms with Crippen LogP contribution in [0.5, 0.6) is 0 Å². The van der Waals surface area contributed by atoms with Gasteiger partial charge in [-0.05, 0) is 73.6 Å². The van der Waals surface area contributed by atoms with Gasteiger partial charge in [0.15, 0.2) is 0 Å². The molecule has 0 aliphatic heterocycles. The third kappa shape index (κ3) is 42.1. The molecule has 0 nitrogen and oxygen atoms in total. The molecule has 0 radical (unpaired) electrons. The Morgan fingerprint density at radius 2 is 0.303 bits per heavy atom. The number of unbranched alkanes of at least 4 members (excludes halogenated alkanes) is 48. The third-order valence-electron chi connectivity index (χ3n) is 15.8. The van der Waals surface area contributed by atoms with Crippen LogP contribution in [0.4, 0.5) is 0 Å². The molecule has 0 heterocycles. The van der Waals surface area contributed by atoms with Crippen LogP contribution in [0.3, 0.4) is 0 Å². The molecule has 1 aromatic carbocycles. The average Bonchev–Trinajstić information content (AvgIpc) is 3.33. The zero-order chi connectivity index (χ0) is 47.3. The Morgan fingerprint density at radius 3 is 0.470 bits per heavy atom. The van der Waals surface area contributed by atoms with Gasteiger partial charge in [-0.15, -0.1) is 0 Å². The summed E-state index contributed by atoms with van der Waals surface area (Å²) in [6.45, 7) is 9.32. The minimum atomic E-state index is 1.33. The highest BCUT2D eigenvalue weighted by Gasteiger charge is 2.14. The van der Waals surface area contributed by atoms with E-state index in [2.05, 4.69) is 39.8 Å². The van der Waals surface area contributed by atoms with Crippen LogP contribution in [0.2, 0.25) is 0 Å². The Labute approximate surface area is 419 Å². The highest BCUT2D eigenvalue weighted by molar-refractivity contribution is 5.42. The maximum absolute atomic E-state index is 2.66. The summed E-state index contributed by atoms with van der Waals surface area (Å²) in [5.41, 5.74) is 7.22. The molecule has 0 fully saturated rings. The van der Waals surface area contributed by atoms with Crippen LogP contribution in [-0.4, -0.2) is 0 Å². The maximum Gasteiger partial charge on any atom is -0.0273 e. The second kappa shape index (κ2) is 53.6. The Morgan fingerprint density at radius 1 is 0.167 bits per heavy atom. The minimum Gasteiger partial charge on any atom is -0.0654 e. The van der Waals surface area contributed by atoms with E-state index >= 15 is 0 Å². The van der Waals surface area contributed by atoms with Crippen LogP contribution < -0.4 is 0 Å². The van der Waals surface area contributed by atoms with Crippen molar-refractivity contribution in [2.45, 2.75) is 387 Å². The smallest absolute Gasteiger partial charge is 0.0273 e. The molecule has 1 rings (SSSR count). The molecule has 66 heavy (non-hydrogen) atoms. The average molecular weight is 920 g/mol. The molecule has 0 bridgehead atoms. The molecular formula is C66H126.